The van der Waals surface area contributed by atoms with Gasteiger partial charge in [-0.05, 0) is 89.2 Å². The third-order valence-electron chi connectivity index (χ3n) is 15.1. The molecule has 68 heavy (non-hydrogen) atoms. The first-order chi connectivity index (χ1) is 31.3. The molecule has 0 spiro atoms. The summed E-state index contributed by atoms with van der Waals surface area (Å²) in [6.45, 7) is 13.4. The Balaban J connectivity index is 0.000000215. The van der Waals surface area contributed by atoms with Gasteiger partial charge in [0.2, 0.25) is 0 Å². The van der Waals surface area contributed by atoms with Crippen LogP contribution >= 0.6 is 0 Å². The molecule has 6 aromatic rings. The third-order valence-corrected chi connectivity index (χ3v) is 15.1. The van der Waals surface area contributed by atoms with Crippen LogP contribution in [-0.4, -0.2) is 96.7 Å². The fourth-order valence-corrected chi connectivity index (χ4v) is 12.1. The molecule has 2 fully saturated rings. The summed E-state index contributed by atoms with van der Waals surface area (Å²) in [5.41, 5.74) is 6.10. The zero-order valence-electron chi connectivity index (χ0n) is 39.1. The number of hydrogen-bond acceptors (Lipinski definition) is 6. The second kappa shape index (κ2) is 19.5. The van der Waals surface area contributed by atoms with Crippen LogP contribution in [0, 0.1) is 18.3 Å². The summed E-state index contributed by atoms with van der Waals surface area (Å²) in [6.07, 6.45) is 4.15. The number of aliphatic hydroxyl groups is 1. The number of carboxylic acids is 2. The maximum atomic E-state index is 12.9. The summed E-state index contributed by atoms with van der Waals surface area (Å²) in [7, 11) is 0. The van der Waals surface area contributed by atoms with Crippen molar-refractivity contribution in [3.8, 4) is 22.3 Å². The van der Waals surface area contributed by atoms with E-state index < -0.39 is 51.5 Å². The molecule has 0 aromatic heterocycles. The Kier molecular flexibility index (Phi) is 14.9. The van der Waals surface area contributed by atoms with Gasteiger partial charge in [-0.25, -0.2) is 0 Å². The zero-order valence-corrected chi connectivity index (χ0v) is 42.1. The number of benzene rings is 6. The van der Waals surface area contributed by atoms with Gasteiger partial charge in [-0.2, -0.15) is 0 Å². The Hall–Kier alpha value is -5.46. The molecule has 2 saturated heterocycles. The van der Waals surface area contributed by atoms with E-state index in [2.05, 4.69) is 90.9 Å². The molecule has 10 rings (SSSR count). The van der Waals surface area contributed by atoms with Crippen LogP contribution in [-0.2, 0) is 25.5 Å². The van der Waals surface area contributed by atoms with E-state index >= 15 is 0 Å². The molecule has 0 unspecified atom stereocenters. The number of hydrogen-bond donors (Lipinski definition) is 3. The van der Waals surface area contributed by atoms with Crippen molar-refractivity contribution in [3.63, 3.8) is 0 Å². The number of rotatable bonds is 12. The Labute approximate surface area is 427 Å². The third kappa shape index (κ3) is 7.29. The van der Waals surface area contributed by atoms with Gasteiger partial charge in [-0.1, -0.05) is 170 Å². The van der Waals surface area contributed by atoms with Crippen molar-refractivity contribution < 1.29 is 46.7 Å². The Bertz CT molecular complexity index is 2770. The molecule has 0 radical (unpaired) electrons. The van der Waals surface area contributed by atoms with Crippen molar-refractivity contribution in [2.45, 2.75) is 62.4 Å². The van der Waals surface area contributed by atoms with Gasteiger partial charge >= 0.3 is 35.0 Å². The number of allylic oxidation sites excluding steroid dienone is 2. The largest absolute Gasteiger partial charge is 2.00 e. The monoisotopic (exact) mass is 980 g/mol. The van der Waals surface area contributed by atoms with Gasteiger partial charge in [-0.3, -0.25) is 24.2 Å². The summed E-state index contributed by atoms with van der Waals surface area (Å²) in [5, 5.41) is 32.2. The van der Waals surface area contributed by atoms with Crippen LogP contribution < -0.4 is 17.0 Å². The predicted molar refractivity (Wildman–Crippen MR) is 266 cm³/mol. The maximum absolute atomic E-state index is 12.9. The number of halogens is 1. The molecular formula is C58H57BrMgN2O6. The summed E-state index contributed by atoms with van der Waals surface area (Å²) in [4.78, 5) is 42.5. The van der Waals surface area contributed by atoms with Gasteiger partial charge in [0.15, 0.2) is 0 Å². The Morgan fingerprint density at radius 1 is 0.574 bits per heavy atom. The molecule has 10 heteroatoms. The Morgan fingerprint density at radius 2 is 0.897 bits per heavy atom. The molecule has 2 aliphatic heterocycles. The molecule has 344 valence electrons. The molecule has 2 heterocycles. The van der Waals surface area contributed by atoms with E-state index in [0.29, 0.717) is 25.9 Å². The normalized spacial score (nSPS) is 22.1. The number of carbonyl (C=O) groups excluding carboxylic acids is 1. The number of Topliss-reactive ketones (excluding diaryl/α,β-unsaturated/α-hetero) is 1. The summed E-state index contributed by atoms with van der Waals surface area (Å²) in [6, 6.07) is 51.3. The molecule has 0 amide bonds. The van der Waals surface area contributed by atoms with Crippen molar-refractivity contribution >= 4 is 40.8 Å². The molecule has 8 nitrogen and oxygen atoms in total. The minimum Gasteiger partial charge on any atom is -1.00 e. The number of ketones is 1. The van der Waals surface area contributed by atoms with Crippen molar-refractivity contribution in [2.75, 3.05) is 13.1 Å². The van der Waals surface area contributed by atoms with Crippen LogP contribution in [0.1, 0.15) is 67.0 Å². The van der Waals surface area contributed by atoms with Gasteiger partial charge in [0.05, 0.1) is 22.1 Å². The van der Waals surface area contributed by atoms with Crippen molar-refractivity contribution in [1.29, 1.82) is 0 Å². The van der Waals surface area contributed by atoms with E-state index in [1.807, 2.05) is 89.8 Å². The standard InChI is InChI=1S/C29H29NO3.C28H25NO3.CH3.BrH.Mg/c1-4-18-28(27(2,3)33)19-30(25(28)26(31)32)29(20-12-6-5-7-13-20)23-16-10-8-14-21(23)22-15-9-11-17-24(22)29;1-3-17-27(19(2)30)18-29(25(27)26(31)32)28(20-11-5-4-6-12-20)23-15-9-7-13-21(23)22-14-8-10-16-24(22)28;;;/h4-17,25,33H,1,18-19H2,2-3H3,(H,31,32);3-16,25H,1,17-18H2,2H3,(H,31,32);1H3;1H;/q;;-1;;+2/p-1/t25-,28+;25-,27-;;;/m11.../s1. The minimum atomic E-state index is -1.20. The quantitative estimate of drug-likeness (QED) is 0.0682. The molecule has 4 atom stereocenters. The van der Waals surface area contributed by atoms with Crippen molar-refractivity contribution in [1.82, 2.24) is 9.80 Å². The minimum absolute atomic E-state index is 0. The average Bonchev–Trinajstić information content (AvgIpc) is 3.74. The number of carboxylic acid groups (broad SMARTS) is 2. The van der Waals surface area contributed by atoms with Gasteiger partial charge in [0, 0.05) is 18.5 Å². The topological polar surface area (TPSA) is 118 Å². The first-order valence-corrected chi connectivity index (χ1v) is 22.2. The number of nitrogens with zero attached hydrogens (tertiary/aromatic N) is 2. The fourth-order valence-electron chi connectivity index (χ4n) is 12.1. The Morgan fingerprint density at radius 3 is 1.21 bits per heavy atom. The molecule has 4 aliphatic rings. The first-order valence-electron chi connectivity index (χ1n) is 22.2. The van der Waals surface area contributed by atoms with Crippen molar-refractivity contribution in [3.05, 3.63) is 224 Å². The van der Waals surface area contributed by atoms with Gasteiger partial charge in [0.25, 0.3) is 0 Å². The number of aliphatic carboxylic acids is 2. The molecule has 6 aromatic carbocycles. The fraction of sp³-hybridized carbons (Fsp3) is 0.241. The summed E-state index contributed by atoms with van der Waals surface area (Å²) >= 11 is 0. The zero-order chi connectivity index (χ0) is 45.9. The molecule has 0 saturated carbocycles. The molecule has 3 N–H and O–H groups in total. The van der Waals surface area contributed by atoms with E-state index in [0.717, 1.165) is 55.6 Å². The number of carbonyl (C=O) groups is 3. The van der Waals surface area contributed by atoms with Gasteiger partial charge in [-0.15, -0.1) is 13.2 Å². The molecule has 0 bridgehead atoms. The van der Waals surface area contributed by atoms with Crippen molar-refractivity contribution in [2.24, 2.45) is 10.8 Å². The maximum Gasteiger partial charge on any atom is 2.00 e. The van der Waals surface area contributed by atoms with Crippen LogP contribution in [0.2, 0.25) is 0 Å². The second-order valence-electron chi connectivity index (χ2n) is 18.5. The van der Waals surface area contributed by atoms with Crippen LogP contribution in [0.3, 0.4) is 0 Å². The van der Waals surface area contributed by atoms with Crippen LogP contribution in [0.25, 0.3) is 22.3 Å². The van der Waals surface area contributed by atoms with E-state index in [1.165, 1.54) is 6.92 Å². The predicted octanol–water partition coefficient (Wildman–Crippen LogP) is 7.01. The van der Waals surface area contributed by atoms with Crippen LogP contribution in [0.15, 0.2) is 183 Å². The summed E-state index contributed by atoms with van der Waals surface area (Å²) in [5.74, 6) is -2.02. The summed E-state index contributed by atoms with van der Waals surface area (Å²) < 4.78 is 0. The number of likely N-dealkylation sites (tertiary alicyclic amines) is 2. The second-order valence-corrected chi connectivity index (χ2v) is 18.5. The van der Waals surface area contributed by atoms with Gasteiger partial charge in [0.1, 0.15) is 17.9 Å². The van der Waals surface area contributed by atoms with E-state index in [1.54, 1.807) is 26.0 Å². The smallest absolute Gasteiger partial charge is 1.00 e. The molecular weight excluding hydrogens is 925 g/mol. The van der Waals surface area contributed by atoms with E-state index in [9.17, 15) is 29.7 Å². The SMILES string of the molecule is C=CC[C@]1(C(C)(C)O)CN(C2(c3ccccc3)c3ccccc3-c3ccccc32)[C@@H]1C(=O)O.C=CC[C@]1(C(C)=O)CN(C2(c3ccccc3)c3ccccc3-c3ccccc32)[C@@H]1C(=O)O.[Br-].[CH3-].[Mg+2]. The average molecular weight is 982 g/mol. The first kappa shape index (κ1) is 51.9. The van der Waals surface area contributed by atoms with E-state index in [4.69, 9.17) is 0 Å². The molecule has 2 aliphatic carbocycles. The van der Waals surface area contributed by atoms with Crippen LogP contribution in [0.5, 0.6) is 0 Å². The van der Waals surface area contributed by atoms with Gasteiger partial charge < -0.3 is 39.7 Å². The number of fused-ring (bicyclic) bond motifs is 6. The van der Waals surface area contributed by atoms with Crippen LogP contribution in [0.4, 0.5) is 0 Å². The van der Waals surface area contributed by atoms with E-state index in [-0.39, 0.29) is 53.2 Å².